The van der Waals surface area contributed by atoms with Crippen molar-refractivity contribution in [1.82, 2.24) is 0 Å². The van der Waals surface area contributed by atoms with Crippen LogP contribution in [0.5, 0.6) is 0 Å². The summed E-state index contributed by atoms with van der Waals surface area (Å²) in [5.41, 5.74) is -2.64. The van der Waals surface area contributed by atoms with Crippen molar-refractivity contribution in [2.24, 2.45) is 5.92 Å². The summed E-state index contributed by atoms with van der Waals surface area (Å²) in [4.78, 5) is 26.3. The van der Waals surface area contributed by atoms with Crippen LogP contribution in [0.3, 0.4) is 0 Å². The van der Waals surface area contributed by atoms with Gasteiger partial charge in [0.25, 0.3) is 0 Å². The van der Waals surface area contributed by atoms with Crippen molar-refractivity contribution in [3.63, 3.8) is 0 Å². The summed E-state index contributed by atoms with van der Waals surface area (Å²) >= 11 is 0. The maximum atomic E-state index is 14.3. The summed E-state index contributed by atoms with van der Waals surface area (Å²) in [7, 11) is 0. The molecule has 1 amide bonds. The number of hydrogen-bond acceptors (Lipinski definition) is 3. The number of benzene rings is 2. The maximum Gasteiger partial charge on any atom is 0.416 e. The van der Waals surface area contributed by atoms with Crippen LogP contribution in [0.25, 0.3) is 0 Å². The molecule has 31 heavy (non-hydrogen) atoms. The normalized spacial score (nSPS) is 20.5. The molecule has 0 bridgehead atoms. The summed E-state index contributed by atoms with van der Waals surface area (Å²) in [6.07, 6.45) is 0.156. The fraction of sp³-hybridized carbons (Fsp3) is 0.217. The molecular weight excluding hydrogens is 414 g/mol. The number of anilines is 1. The molecule has 0 radical (unpaired) electrons. The number of allylic oxidation sites excluding steroid dienone is 2. The van der Waals surface area contributed by atoms with E-state index in [-0.39, 0.29) is 12.4 Å². The van der Waals surface area contributed by atoms with E-state index >= 15 is 0 Å². The van der Waals surface area contributed by atoms with Gasteiger partial charge in [0.15, 0.2) is 11.5 Å². The van der Waals surface area contributed by atoms with Gasteiger partial charge in [0.2, 0.25) is 5.91 Å². The lowest BCUT2D eigenvalue weighted by atomic mass is 9.90. The molecule has 1 saturated heterocycles. The Morgan fingerprint density at radius 2 is 1.68 bits per heavy atom. The Hall–Kier alpha value is -3.26. The van der Waals surface area contributed by atoms with E-state index in [1.54, 1.807) is 30.3 Å². The number of nitrogens with zero attached hydrogens (tertiary/aromatic N) is 1. The maximum absolute atomic E-state index is 14.3. The molecular formula is C23H17F4NO3. The van der Waals surface area contributed by atoms with E-state index in [0.29, 0.717) is 5.69 Å². The Morgan fingerprint density at radius 3 is 2.32 bits per heavy atom. The van der Waals surface area contributed by atoms with Crippen molar-refractivity contribution < 1.29 is 31.9 Å². The SMILES string of the molecule is O=C1C=CC2(C=C1)OCC(Cc1c(F)cccc1C(F)(F)F)C(=O)N2c1ccccc1. The third kappa shape index (κ3) is 3.90. The number of alkyl halides is 3. The number of carbonyl (C=O) groups excluding carboxylic acids is 2. The van der Waals surface area contributed by atoms with Crippen LogP contribution in [-0.4, -0.2) is 24.0 Å². The van der Waals surface area contributed by atoms with Crippen molar-refractivity contribution >= 4 is 17.4 Å². The molecule has 1 heterocycles. The van der Waals surface area contributed by atoms with Crippen molar-refractivity contribution in [3.8, 4) is 0 Å². The second kappa shape index (κ2) is 7.77. The van der Waals surface area contributed by atoms with Gasteiger partial charge in [-0.1, -0.05) is 24.3 Å². The average Bonchev–Trinajstić information content (AvgIpc) is 2.73. The molecule has 2 aromatic rings. The molecule has 4 rings (SSSR count). The van der Waals surface area contributed by atoms with Crippen LogP contribution < -0.4 is 4.90 Å². The number of ketones is 1. The van der Waals surface area contributed by atoms with E-state index in [1.807, 2.05) is 0 Å². The Balaban J connectivity index is 1.73. The molecule has 1 atom stereocenters. The van der Waals surface area contributed by atoms with Gasteiger partial charge in [-0.2, -0.15) is 13.2 Å². The van der Waals surface area contributed by atoms with Crippen molar-refractivity contribution in [2.75, 3.05) is 11.5 Å². The number of ether oxygens (including phenoxy) is 1. The molecule has 2 aliphatic rings. The molecule has 2 aromatic carbocycles. The highest BCUT2D eigenvalue weighted by atomic mass is 19.4. The van der Waals surface area contributed by atoms with Crippen molar-refractivity contribution in [1.29, 1.82) is 0 Å². The fourth-order valence-corrected chi connectivity index (χ4v) is 3.81. The van der Waals surface area contributed by atoms with Gasteiger partial charge >= 0.3 is 6.18 Å². The second-order valence-electron chi connectivity index (χ2n) is 7.31. The first-order valence-corrected chi connectivity index (χ1v) is 9.51. The minimum absolute atomic E-state index is 0.239. The average molecular weight is 431 g/mol. The smallest absolute Gasteiger partial charge is 0.347 e. The highest BCUT2D eigenvalue weighted by Gasteiger charge is 2.47. The predicted molar refractivity (Wildman–Crippen MR) is 104 cm³/mol. The van der Waals surface area contributed by atoms with Crippen LogP contribution >= 0.6 is 0 Å². The molecule has 4 nitrogen and oxygen atoms in total. The van der Waals surface area contributed by atoms with Gasteiger partial charge in [0.05, 0.1) is 18.1 Å². The van der Waals surface area contributed by atoms with Gasteiger partial charge in [-0.3, -0.25) is 14.5 Å². The van der Waals surface area contributed by atoms with Crippen LogP contribution in [-0.2, 0) is 26.9 Å². The highest BCUT2D eigenvalue weighted by Crippen LogP contribution is 2.39. The molecule has 0 aromatic heterocycles. The molecule has 8 heteroatoms. The first kappa shape index (κ1) is 21.0. The van der Waals surface area contributed by atoms with Crippen LogP contribution in [0.4, 0.5) is 23.2 Å². The summed E-state index contributed by atoms with van der Waals surface area (Å²) < 4.78 is 60.5. The Kier molecular flexibility index (Phi) is 5.26. The van der Waals surface area contributed by atoms with E-state index in [2.05, 4.69) is 0 Å². The third-order valence-electron chi connectivity index (χ3n) is 5.30. The lowest BCUT2D eigenvalue weighted by molar-refractivity contribution is -0.141. The lowest BCUT2D eigenvalue weighted by Gasteiger charge is -2.46. The van der Waals surface area contributed by atoms with Crippen LogP contribution in [0.15, 0.2) is 72.8 Å². The van der Waals surface area contributed by atoms with Crippen molar-refractivity contribution in [3.05, 3.63) is 89.8 Å². The number of carbonyl (C=O) groups is 2. The third-order valence-corrected chi connectivity index (χ3v) is 5.30. The van der Waals surface area contributed by atoms with Gasteiger partial charge < -0.3 is 4.74 Å². The standard InChI is InChI=1S/C23H17F4NO3/c24-20-8-4-7-19(23(25,26)27)18(20)13-15-14-31-22(11-9-17(29)10-12-22)28(21(15)30)16-5-2-1-3-6-16/h1-12,15H,13-14H2. The molecule has 0 N–H and O–H groups in total. The lowest BCUT2D eigenvalue weighted by Crippen LogP contribution is -2.60. The van der Waals surface area contributed by atoms with Crippen molar-refractivity contribution in [2.45, 2.75) is 18.3 Å². The first-order valence-electron chi connectivity index (χ1n) is 9.51. The largest absolute Gasteiger partial charge is 0.416 e. The zero-order valence-electron chi connectivity index (χ0n) is 16.1. The Labute approximate surface area is 175 Å². The van der Waals surface area contributed by atoms with E-state index in [1.165, 1.54) is 29.2 Å². The topological polar surface area (TPSA) is 46.6 Å². The van der Waals surface area contributed by atoms with Gasteiger partial charge in [-0.15, -0.1) is 0 Å². The summed E-state index contributed by atoms with van der Waals surface area (Å²) in [5.74, 6) is -2.89. The summed E-state index contributed by atoms with van der Waals surface area (Å²) in [6.45, 7) is -0.239. The number of hydrogen-bond donors (Lipinski definition) is 0. The molecule has 1 spiro atoms. The van der Waals surface area contributed by atoms with Crippen LogP contribution in [0, 0.1) is 11.7 Å². The molecule has 1 aliphatic carbocycles. The molecule has 0 saturated carbocycles. The molecule has 160 valence electrons. The highest BCUT2D eigenvalue weighted by molar-refractivity contribution is 6.03. The first-order chi connectivity index (χ1) is 14.7. The van der Waals surface area contributed by atoms with Gasteiger partial charge in [0.1, 0.15) is 5.82 Å². The van der Waals surface area contributed by atoms with E-state index in [9.17, 15) is 27.2 Å². The van der Waals surface area contributed by atoms with Gasteiger partial charge in [-0.05, 0) is 55.0 Å². The quantitative estimate of drug-likeness (QED) is 0.675. The van der Waals surface area contributed by atoms with Crippen LogP contribution in [0.1, 0.15) is 11.1 Å². The Morgan fingerprint density at radius 1 is 1.00 bits per heavy atom. The number of amides is 1. The van der Waals surface area contributed by atoms with Crippen LogP contribution in [0.2, 0.25) is 0 Å². The van der Waals surface area contributed by atoms with Gasteiger partial charge in [-0.25, -0.2) is 4.39 Å². The van der Waals surface area contributed by atoms with E-state index in [0.717, 1.165) is 18.2 Å². The zero-order chi connectivity index (χ0) is 22.2. The molecule has 1 fully saturated rings. The number of halogens is 4. The number of rotatable bonds is 3. The second-order valence-corrected chi connectivity index (χ2v) is 7.31. The molecule has 1 aliphatic heterocycles. The van der Waals surface area contributed by atoms with E-state index in [4.69, 9.17) is 4.74 Å². The van der Waals surface area contributed by atoms with E-state index < -0.39 is 47.1 Å². The minimum atomic E-state index is -4.76. The fourth-order valence-electron chi connectivity index (χ4n) is 3.81. The summed E-state index contributed by atoms with van der Waals surface area (Å²) in [6, 6.07) is 11.1. The monoisotopic (exact) mass is 431 g/mol. The van der Waals surface area contributed by atoms with Gasteiger partial charge in [0, 0.05) is 11.3 Å². The predicted octanol–water partition coefficient (Wildman–Crippen LogP) is 4.46. The zero-order valence-corrected chi connectivity index (χ0v) is 16.1. The molecule has 1 unspecified atom stereocenters. The Bertz CT molecular complexity index is 1060. The summed E-state index contributed by atoms with van der Waals surface area (Å²) in [5, 5.41) is 0. The minimum Gasteiger partial charge on any atom is -0.347 e. The number of para-hydroxylation sites is 1.